The zero-order chi connectivity index (χ0) is 12.7. The Kier molecular flexibility index (Phi) is 5.65. The SMILES string of the molecule is CCC(=CCNCC1(CCO)CC1)C(=O)OC. The van der Waals surface area contributed by atoms with Crippen molar-refractivity contribution < 1.29 is 14.6 Å². The number of methoxy groups -OCH3 is 1. The van der Waals surface area contributed by atoms with E-state index < -0.39 is 0 Å². The number of hydrogen-bond acceptors (Lipinski definition) is 4. The molecule has 0 unspecified atom stereocenters. The van der Waals surface area contributed by atoms with Crippen LogP contribution in [0.3, 0.4) is 0 Å². The third kappa shape index (κ3) is 4.48. The van der Waals surface area contributed by atoms with Crippen LogP contribution in [0.5, 0.6) is 0 Å². The second kappa shape index (κ2) is 6.77. The van der Waals surface area contributed by atoms with Crippen molar-refractivity contribution in [3.8, 4) is 0 Å². The molecule has 0 amide bonds. The van der Waals surface area contributed by atoms with Crippen molar-refractivity contribution in [3.05, 3.63) is 11.6 Å². The lowest BCUT2D eigenvalue weighted by Gasteiger charge is -2.13. The molecule has 0 aliphatic heterocycles. The predicted octanol–water partition coefficient (Wildman–Crippen LogP) is 1.25. The molecule has 0 atom stereocenters. The Morgan fingerprint density at radius 2 is 2.24 bits per heavy atom. The van der Waals surface area contributed by atoms with Crippen LogP contribution < -0.4 is 5.32 Å². The van der Waals surface area contributed by atoms with Gasteiger partial charge in [0.2, 0.25) is 0 Å². The van der Waals surface area contributed by atoms with Crippen LogP contribution in [0.1, 0.15) is 32.6 Å². The van der Waals surface area contributed by atoms with Crippen molar-refractivity contribution in [2.24, 2.45) is 5.41 Å². The Morgan fingerprint density at radius 3 is 2.71 bits per heavy atom. The monoisotopic (exact) mass is 241 g/mol. The first-order chi connectivity index (χ1) is 8.17. The third-order valence-electron chi connectivity index (χ3n) is 3.42. The molecule has 4 heteroatoms. The van der Waals surface area contributed by atoms with E-state index in [4.69, 9.17) is 5.11 Å². The van der Waals surface area contributed by atoms with E-state index in [1.165, 1.54) is 20.0 Å². The number of carbonyl (C=O) groups excluding carboxylic acids is 1. The molecule has 17 heavy (non-hydrogen) atoms. The summed E-state index contributed by atoms with van der Waals surface area (Å²) in [4.78, 5) is 11.3. The van der Waals surface area contributed by atoms with E-state index in [-0.39, 0.29) is 12.6 Å². The molecule has 0 aromatic rings. The van der Waals surface area contributed by atoms with Crippen LogP contribution in [-0.4, -0.2) is 37.9 Å². The first-order valence-electron chi connectivity index (χ1n) is 6.26. The fraction of sp³-hybridized carbons (Fsp3) is 0.769. The van der Waals surface area contributed by atoms with Crippen LogP contribution in [0.15, 0.2) is 11.6 Å². The normalized spacial score (nSPS) is 17.9. The molecule has 1 aliphatic carbocycles. The Morgan fingerprint density at radius 1 is 1.53 bits per heavy atom. The molecular weight excluding hydrogens is 218 g/mol. The summed E-state index contributed by atoms with van der Waals surface area (Å²) in [6.45, 7) is 3.81. The largest absolute Gasteiger partial charge is 0.466 e. The maximum absolute atomic E-state index is 11.3. The zero-order valence-corrected chi connectivity index (χ0v) is 10.8. The van der Waals surface area contributed by atoms with Gasteiger partial charge in [-0.2, -0.15) is 0 Å². The van der Waals surface area contributed by atoms with Crippen molar-refractivity contribution >= 4 is 5.97 Å². The number of aliphatic hydroxyl groups excluding tert-OH is 1. The Bertz CT molecular complexity index is 282. The Labute approximate surface area is 103 Å². The van der Waals surface area contributed by atoms with Gasteiger partial charge in [0, 0.05) is 25.3 Å². The van der Waals surface area contributed by atoms with E-state index in [2.05, 4.69) is 10.1 Å². The van der Waals surface area contributed by atoms with Gasteiger partial charge in [0.05, 0.1) is 7.11 Å². The smallest absolute Gasteiger partial charge is 0.333 e. The molecule has 0 spiro atoms. The maximum atomic E-state index is 11.3. The van der Waals surface area contributed by atoms with Crippen molar-refractivity contribution in [2.45, 2.75) is 32.6 Å². The second-order valence-corrected chi connectivity index (χ2v) is 4.68. The second-order valence-electron chi connectivity index (χ2n) is 4.68. The summed E-state index contributed by atoms with van der Waals surface area (Å²) in [5, 5.41) is 12.2. The molecule has 0 radical (unpaired) electrons. The first-order valence-corrected chi connectivity index (χ1v) is 6.26. The number of nitrogens with one attached hydrogen (secondary N) is 1. The molecule has 0 bridgehead atoms. The number of rotatable bonds is 8. The molecule has 0 saturated heterocycles. The van der Waals surface area contributed by atoms with Crippen LogP contribution in [0.25, 0.3) is 0 Å². The van der Waals surface area contributed by atoms with Crippen LogP contribution in [0, 0.1) is 5.41 Å². The number of hydrogen-bond donors (Lipinski definition) is 2. The molecular formula is C13H23NO3. The zero-order valence-electron chi connectivity index (χ0n) is 10.8. The van der Waals surface area contributed by atoms with Gasteiger partial charge in [0.1, 0.15) is 0 Å². The molecule has 1 fully saturated rings. The average molecular weight is 241 g/mol. The van der Waals surface area contributed by atoms with Crippen molar-refractivity contribution in [1.82, 2.24) is 5.32 Å². The highest BCUT2D eigenvalue weighted by molar-refractivity contribution is 5.88. The van der Waals surface area contributed by atoms with Gasteiger partial charge < -0.3 is 15.2 Å². The predicted molar refractivity (Wildman–Crippen MR) is 66.6 cm³/mol. The number of carbonyl (C=O) groups is 1. The molecule has 4 nitrogen and oxygen atoms in total. The quantitative estimate of drug-likeness (QED) is 0.381. The van der Waals surface area contributed by atoms with Gasteiger partial charge in [0.25, 0.3) is 0 Å². The van der Waals surface area contributed by atoms with Gasteiger partial charge in [0.15, 0.2) is 0 Å². The Hall–Kier alpha value is -0.870. The summed E-state index contributed by atoms with van der Waals surface area (Å²) in [5.74, 6) is -0.245. The number of aliphatic hydroxyl groups is 1. The van der Waals surface area contributed by atoms with Gasteiger partial charge in [-0.3, -0.25) is 0 Å². The standard InChI is InChI=1S/C13H23NO3/c1-3-11(12(16)17-2)4-8-14-10-13(5-6-13)7-9-15/h4,14-15H,3,5-10H2,1-2H3. The van der Waals surface area contributed by atoms with Crippen LogP contribution in [-0.2, 0) is 9.53 Å². The van der Waals surface area contributed by atoms with Crippen LogP contribution in [0.4, 0.5) is 0 Å². The molecule has 0 aromatic heterocycles. The maximum Gasteiger partial charge on any atom is 0.333 e. The van der Waals surface area contributed by atoms with E-state index in [0.717, 1.165) is 13.0 Å². The molecule has 0 aromatic carbocycles. The summed E-state index contributed by atoms with van der Waals surface area (Å²) < 4.78 is 4.68. The lowest BCUT2D eigenvalue weighted by atomic mass is 10.0. The highest BCUT2D eigenvalue weighted by Crippen LogP contribution is 2.47. The topological polar surface area (TPSA) is 58.6 Å². The number of esters is 1. The van der Waals surface area contributed by atoms with E-state index in [1.807, 2.05) is 13.0 Å². The minimum Gasteiger partial charge on any atom is -0.466 e. The molecule has 1 rings (SSSR count). The van der Waals surface area contributed by atoms with Crippen molar-refractivity contribution in [2.75, 3.05) is 26.8 Å². The fourth-order valence-corrected chi connectivity index (χ4v) is 1.96. The summed E-state index contributed by atoms with van der Waals surface area (Å²) in [5.41, 5.74) is 1.03. The van der Waals surface area contributed by atoms with Crippen LogP contribution in [0.2, 0.25) is 0 Å². The first kappa shape index (κ1) is 14.2. The Balaban J connectivity index is 2.26. The van der Waals surface area contributed by atoms with Gasteiger partial charge >= 0.3 is 5.97 Å². The highest BCUT2D eigenvalue weighted by atomic mass is 16.5. The van der Waals surface area contributed by atoms with E-state index in [0.29, 0.717) is 24.0 Å². The summed E-state index contributed by atoms with van der Waals surface area (Å²) >= 11 is 0. The highest BCUT2D eigenvalue weighted by Gasteiger charge is 2.41. The van der Waals surface area contributed by atoms with Gasteiger partial charge in [-0.05, 0) is 31.1 Å². The summed E-state index contributed by atoms with van der Waals surface area (Å²) in [6.07, 6.45) is 5.85. The van der Waals surface area contributed by atoms with Gasteiger partial charge in [-0.1, -0.05) is 13.0 Å². The van der Waals surface area contributed by atoms with Crippen molar-refractivity contribution in [1.29, 1.82) is 0 Å². The molecule has 2 N–H and O–H groups in total. The van der Waals surface area contributed by atoms with E-state index in [9.17, 15) is 4.79 Å². The summed E-state index contributed by atoms with van der Waals surface area (Å²) in [6, 6.07) is 0. The molecule has 0 heterocycles. The van der Waals surface area contributed by atoms with Gasteiger partial charge in [-0.15, -0.1) is 0 Å². The van der Waals surface area contributed by atoms with Gasteiger partial charge in [-0.25, -0.2) is 4.79 Å². The van der Waals surface area contributed by atoms with E-state index >= 15 is 0 Å². The minimum absolute atomic E-state index is 0.245. The molecule has 1 saturated carbocycles. The lowest BCUT2D eigenvalue weighted by Crippen LogP contribution is -2.25. The molecule has 1 aliphatic rings. The van der Waals surface area contributed by atoms with E-state index in [1.54, 1.807) is 0 Å². The fourth-order valence-electron chi connectivity index (χ4n) is 1.96. The summed E-state index contributed by atoms with van der Waals surface area (Å²) in [7, 11) is 1.40. The third-order valence-corrected chi connectivity index (χ3v) is 3.42. The van der Waals surface area contributed by atoms with Crippen LogP contribution >= 0.6 is 0 Å². The number of ether oxygens (including phenoxy) is 1. The average Bonchev–Trinajstić information content (AvgIpc) is 3.09. The molecule has 98 valence electrons. The van der Waals surface area contributed by atoms with Crippen molar-refractivity contribution in [3.63, 3.8) is 0 Å². The minimum atomic E-state index is -0.245. The lowest BCUT2D eigenvalue weighted by molar-refractivity contribution is -0.136.